The maximum Gasteiger partial charge on any atom is 1.00 e. The second kappa shape index (κ2) is 4.01. The predicted molar refractivity (Wildman–Crippen MR) is 32.1 cm³/mol. The largest absolute Gasteiger partial charge is 1.00 e. The third kappa shape index (κ3) is 2.40. The monoisotopic (exact) mass is 301 g/mol. The SMILES string of the molecule is [Os+].[S-]c1ccccc1. The van der Waals surface area contributed by atoms with Gasteiger partial charge in [-0.2, -0.15) is 4.90 Å². The number of hydrogen-bond acceptors (Lipinski definition) is 1. The molecule has 0 fully saturated rings. The molecular weight excluding hydrogens is 294 g/mol. The first-order valence-corrected chi connectivity index (χ1v) is 2.52. The molecular formula is C6H5OsS. The molecule has 0 heterocycles. The summed E-state index contributed by atoms with van der Waals surface area (Å²) in [5.74, 6) is 0. The summed E-state index contributed by atoms with van der Waals surface area (Å²) < 4.78 is 0. The third-order valence-corrected chi connectivity index (χ3v) is 1.02. The van der Waals surface area contributed by atoms with Crippen molar-refractivity contribution in [3.8, 4) is 0 Å². The van der Waals surface area contributed by atoms with Crippen LogP contribution in [-0.4, -0.2) is 0 Å². The summed E-state index contributed by atoms with van der Waals surface area (Å²) in [6.07, 6.45) is 0. The van der Waals surface area contributed by atoms with E-state index < -0.39 is 0 Å². The Morgan fingerprint density at radius 2 is 1.50 bits per heavy atom. The van der Waals surface area contributed by atoms with E-state index in [2.05, 4.69) is 0 Å². The van der Waals surface area contributed by atoms with Gasteiger partial charge in [0.15, 0.2) is 0 Å². The van der Waals surface area contributed by atoms with Gasteiger partial charge in [0.2, 0.25) is 0 Å². The number of hydrogen-bond donors (Lipinski definition) is 0. The summed E-state index contributed by atoms with van der Waals surface area (Å²) in [6.45, 7) is 0. The van der Waals surface area contributed by atoms with Crippen molar-refractivity contribution in [3.63, 3.8) is 0 Å². The van der Waals surface area contributed by atoms with E-state index in [0.717, 1.165) is 4.90 Å². The Kier molecular flexibility index (Phi) is 4.04. The van der Waals surface area contributed by atoms with E-state index in [1.54, 1.807) is 0 Å². The number of rotatable bonds is 0. The van der Waals surface area contributed by atoms with Gasteiger partial charge >= 0.3 is 19.8 Å². The minimum Gasteiger partial charge on any atom is -0.780 e. The molecule has 0 aromatic heterocycles. The Hall–Kier alpha value is 0.0764. The normalized spacial score (nSPS) is 7.50. The smallest absolute Gasteiger partial charge is 0.780 e. The van der Waals surface area contributed by atoms with Gasteiger partial charge in [0.05, 0.1) is 0 Å². The van der Waals surface area contributed by atoms with Crippen LogP contribution in [0.1, 0.15) is 0 Å². The molecule has 0 N–H and O–H groups in total. The molecule has 0 bridgehead atoms. The average molecular weight is 299 g/mol. The van der Waals surface area contributed by atoms with Gasteiger partial charge in [-0.05, 0) is 0 Å². The zero-order chi connectivity index (χ0) is 5.11. The Labute approximate surface area is 67.8 Å². The molecule has 8 heavy (non-hydrogen) atoms. The van der Waals surface area contributed by atoms with Crippen LogP contribution in [0.5, 0.6) is 0 Å². The fourth-order valence-corrected chi connectivity index (χ4v) is 0.578. The van der Waals surface area contributed by atoms with Gasteiger partial charge in [0, 0.05) is 0 Å². The van der Waals surface area contributed by atoms with Gasteiger partial charge < -0.3 is 12.6 Å². The zero-order valence-electron chi connectivity index (χ0n) is 4.15. The van der Waals surface area contributed by atoms with Crippen LogP contribution >= 0.6 is 0 Å². The quantitative estimate of drug-likeness (QED) is 0.656. The molecule has 0 atom stereocenters. The van der Waals surface area contributed by atoms with E-state index in [4.69, 9.17) is 12.6 Å². The molecule has 1 aromatic carbocycles. The molecule has 0 aliphatic heterocycles. The maximum absolute atomic E-state index is 4.81. The topological polar surface area (TPSA) is 0 Å². The van der Waals surface area contributed by atoms with Crippen LogP contribution in [0.4, 0.5) is 0 Å². The van der Waals surface area contributed by atoms with Crippen LogP contribution < -0.4 is 0 Å². The molecule has 0 spiro atoms. The molecule has 1 aromatic rings. The first kappa shape index (κ1) is 8.08. The zero-order valence-corrected chi connectivity index (χ0v) is 7.51. The van der Waals surface area contributed by atoms with Crippen molar-refractivity contribution in [3.05, 3.63) is 30.3 Å². The Morgan fingerprint density at radius 3 is 1.75 bits per heavy atom. The van der Waals surface area contributed by atoms with Gasteiger partial charge in [-0.1, -0.05) is 30.3 Å². The molecule has 0 nitrogen and oxygen atoms in total. The van der Waals surface area contributed by atoms with Crippen LogP contribution in [-0.2, 0) is 32.4 Å². The van der Waals surface area contributed by atoms with Crippen molar-refractivity contribution in [1.82, 2.24) is 0 Å². The van der Waals surface area contributed by atoms with E-state index in [1.807, 2.05) is 30.3 Å². The Morgan fingerprint density at radius 1 is 1.00 bits per heavy atom. The average Bonchev–Trinajstić information content (AvgIpc) is 1.69. The molecule has 1 rings (SSSR count). The summed E-state index contributed by atoms with van der Waals surface area (Å²) in [7, 11) is 0. The van der Waals surface area contributed by atoms with Crippen molar-refractivity contribution in [2.75, 3.05) is 0 Å². The van der Waals surface area contributed by atoms with E-state index >= 15 is 0 Å². The van der Waals surface area contributed by atoms with Gasteiger partial charge in [-0.25, -0.2) is 0 Å². The molecule has 0 amide bonds. The van der Waals surface area contributed by atoms with Crippen molar-refractivity contribution in [1.29, 1.82) is 0 Å². The maximum atomic E-state index is 4.81. The summed E-state index contributed by atoms with van der Waals surface area (Å²) in [5.41, 5.74) is 0. The van der Waals surface area contributed by atoms with Crippen LogP contribution in [0.15, 0.2) is 35.2 Å². The molecule has 0 saturated heterocycles. The van der Waals surface area contributed by atoms with E-state index in [0.29, 0.717) is 0 Å². The molecule has 1 radical (unpaired) electrons. The summed E-state index contributed by atoms with van der Waals surface area (Å²) in [5, 5.41) is 0. The molecule has 0 saturated carbocycles. The number of benzene rings is 1. The van der Waals surface area contributed by atoms with Gasteiger partial charge in [-0.15, -0.1) is 0 Å². The Bertz CT molecular complexity index is 138. The third-order valence-electron chi connectivity index (χ3n) is 0.743. The van der Waals surface area contributed by atoms with Crippen molar-refractivity contribution < 1.29 is 19.8 Å². The van der Waals surface area contributed by atoms with Crippen LogP contribution in [0.25, 0.3) is 0 Å². The molecule has 43 valence electrons. The van der Waals surface area contributed by atoms with Crippen LogP contribution in [0.3, 0.4) is 0 Å². The van der Waals surface area contributed by atoms with Crippen molar-refractivity contribution in [2.24, 2.45) is 0 Å². The molecule has 0 aliphatic rings. The van der Waals surface area contributed by atoms with Gasteiger partial charge in [-0.3, -0.25) is 0 Å². The predicted octanol–water partition coefficient (Wildman–Crippen LogP) is 1.59. The summed E-state index contributed by atoms with van der Waals surface area (Å²) in [4.78, 5) is 0.905. The minimum absolute atomic E-state index is 0. The Balaban J connectivity index is 0.000000490. The first-order valence-electron chi connectivity index (χ1n) is 2.11. The van der Waals surface area contributed by atoms with E-state index in [-0.39, 0.29) is 19.8 Å². The van der Waals surface area contributed by atoms with Crippen LogP contribution in [0.2, 0.25) is 0 Å². The summed E-state index contributed by atoms with van der Waals surface area (Å²) >= 11 is 4.81. The van der Waals surface area contributed by atoms with Gasteiger partial charge in [0.25, 0.3) is 0 Å². The summed E-state index contributed by atoms with van der Waals surface area (Å²) in [6, 6.07) is 9.62. The standard InChI is InChI=1S/C6H6S.Os/c7-6-4-2-1-3-5-6;/h1-5,7H;/q;+1/p-1. The molecule has 0 unspecified atom stereocenters. The first-order chi connectivity index (χ1) is 3.39. The fraction of sp³-hybridized carbons (Fsp3) is 0. The van der Waals surface area contributed by atoms with Crippen LogP contribution in [0, 0.1) is 0 Å². The minimum atomic E-state index is 0. The molecule has 2 heteroatoms. The second-order valence-corrected chi connectivity index (χ2v) is 1.78. The van der Waals surface area contributed by atoms with Gasteiger partial charge in [0.1, 0.15) is 0 Å². The second-order valence-electron chi connectivity index (χ2n) is 1.31. The van der Waals surface area contributed by atoms with E-state index in [9.17, 15) is 0 Å². The fourth-order valence-electron chi connectivity index (χ4n) is 0.420. The van der Waals surface area contributed by atoms with E-state index in [1.165, 1.54) is 0 Å². The van der Waals surface area contributed by atoms with Crippen molar-refractivity contribution >= 4 is 12.6 Å². The van der Waals surface area contributed by atoms with Crippen molar-refractivity contribution in [2.45, 2.75) is 4.90 Å². The molecule has 0 aliphatic carbocycles.